The van der Waals surface area contributed by atoms with E-state index in [2.05, 4.69) is 40.7 Å². The van der Waals surface area contributed by atoms with Crippen molar-refractivity contribution in [3.05, 3.63) is 34.3 Å². The minimum Gasteiger partial charge on any atom is -0.752 e. The average Bonchev–Trinajstić information content (AvgIpc) is 2.23. The molecule has 1 unspecified atom stereocenters. The molecular weight excluding hydrogens is 291 g/mol. The first-order valence-electron chi connectivity index (χ1n) is 6.67. The topological polar surface area (TPSA) is 0 Å². The normalized spacial score (nSPS) is 14.6. The molecule has 1 rings (SSSR count). The molecule has 0 nitrogen and oxygen atoms in total. The van der Waals surface area contributed by atoms with Gasteiger partial charge in [-0.2, -0.15) is 4.63 Å². The molecule has 0 fully saturated rings. The second kappa shape index (κ2) is 7.16. The summed E-state index contributed by atoms with van der Waals surface area (Å²) in [6.07, 6.45) is 2.34. The molecule has 1 aromatic rings. The quantitative estimate of drug-likeness (QED) is 0.508. The van der Waals surface area contributed by atoms with Gasteiger partial charge in [-0.25, -0.2) is 0 Å². The average molecular weight is 314 g/mol. The summed E-state index contributed by atoms with van der Waals surface area (Å²) in [7, 11) is 1.22. The van der Waals surface area contributed by atoms with Crippen LogP contribution >= 0.6 is 19.8 Å². The molecule has 0 saturated heterocycles. The van der Waals surface area contributed by atoms with Crippen LogP contribution in [0.25, 0.3) is 0 Å². The predicted molar refractivity (Wildman–Crippen MR) is 92.7 cm³/mol. The van der Waals surface area contributed by atoms with E-state index in [0.717, 1.165) is 21.4 Å². The fourth-order valence-corrected chi connectivity index (χ4v) is 4.32. The highest BCUT2D eigenvalue weighted by atomic mass is 35.5. The van der Waals surface area contributed by atoms with E-state index in [1.165, 1.54) is 20.2 Å². The highest BCUT2D eigenvalue weighted by Crippen LogP contribution is 2.28. The van der Waals surface area contributed by atoms with Crippen molar-refractivity contribution in [1.82, 2.24) is 0 Å². The van der Waals surface area contributed by atoms with E-state index in [9.17, 15) is 0 Å². The summed E-state index contributed by atoms with van der Waals surface area (Å²) in [5.74, 6) is 0.683. The Hall–Kier alpha value is 0.0300. The SMILES string of the molecule is Cc1cccc(Cl)c1C([S-])=PCC(C)CC(C)(C)C. The van der Waals surface area contributed by atoms with Gasteiger partial charge in [0, 0.05) is 5.02 Å². The van der Waals surface area contributed by atoms with E-state index in [0.29, 0.717) is 11.3 Å². The Bertz CT molecular complexity index is 440. The van der Waals surface area contributed by atoms with E-state index in [1.54, 1.807) is 0 Å². The van der Waals surface area contributed by atoms with Gasteiger partial charge in [0.2, 0.25) is 0 Å². The van der Waals surface area contributed by atoms with E-state index >= 15 is 0 Å². The van der Waals surface area contributed by atoms with Crippen molar-refractivity contribution in [2.75, 3.05) is 6.16 Å². The molecular formula is C16H23ClPS-. The Morgan fingerprint density at radius 1 is 1.37 bits per heavy atom. The van der Waals surface area contributed by atoms with Gasteiger partial charge in [-0.05, 0) is 48.0 Å². The number of benzene rings is 1. The second-order valence-corrected chi connectivity index (χ2v) is 8.69. The Morgan fingerprint density at radius 2 is 2.00 bits per heavy atom. The number of rotatable bonds is 4. The molecule has 0 N–H and O–H groups in total. The first-order chi connectivity index (χ1) is 8.70. The van der Waals surface area contributed by atoms with E-state index in [-0.39, 0.29) is 0 Å². The molecule has 0 aliphatic heterocycles. The lowest BCUT2D eigenvalue weighted by molar-refractivity contribution is 0.323. The predicted octanol–water partition coefficient (Wildman–Crippen LogP) is 5.69. The van der Waals surface area contributed by atoms with Crippen molar-refractivity contribution >= 4 is 37.1 Å². The Labute approximate surface area is 130 Å². The lowest BCUT2D eigenvalue weighted by atomic mass is 9.86. The monoisotopic (exact) mass is 313 g/mol. The lowest BCUT2D eigenvalue weighted by Crippen LogP contribution is -2.12. The van der Waals surface area contributed by atoms with Gasteiger partial charge in [0.1, 0.15) is 0 Å². The minimum atomic E-state index is 0.386. The fraction of sp³-hybridized carbons (Fsp3) is 0.562. The summed E-state index contributed by atoms with van der Waals surface area (Å²) in [6.45, 7) is 11.2. The van der Waals surface area contributed by atoms with Gasteiger partial charge in [-0.1, -0.05) is 51.4 Å². The molecule has 0 aromatic heterocycles. The van der Waals surface area contributed by atoms with Gasteiger partial charge in [0.15, 0.2) is 0 Å². The molecule has 1 atom stereocenters. The lowest BCUT2D eigenvalue weighted by Gasteiger charge is -2.23. The molecule has 0 bridgehead atoms. The standard InChI is InChI=1S/C16H24ClPS/c1-11(9-16(3,4)5)10-18-15(19)14-12(2)7-6-8-13(14)17/h6-8,11,19H,9-10H2,1-5H3/p-1. The zero-order valence-electron chi connectivity index (χ0n) is 12.5. The van der Waals surface area contributed by atoms with Crippen molar-refractivity contribution in [1.29, 1.82) is 0 Å². The largest absolute Gasteiger partial charge is 0.752 e. The number of hydrogen-bond donors (Lipinski definition) is 0. The molecule has 0 spiro atoms. The van der Waals surface area contributed by atoms with Crippen LogP contribution in [-0.2, 0) is 12.6 Å². The van der Waals surface area contributed by atoms with Gasteiger partial charge < -0.3 is 12.6 Å². The number of hydrogen-bond acceptors (Lipinski definition) is 1. The third-order valence-electron chi connectivity index (χ3n) is 2.94. The van der Waals surface area contributed by atoms with Crippen LogP contribution in [0.2, 0.25) is 5.02 Å². The van der Waals surface area contributed by atoms with E-state index in [1.807, 2.05) is 12.1 Å². The van der Waals surface area contributed by atoms with Gasteiger partial charge in [0.25, 0.3) is 0 Å². The summed E-state index contributed by atoms with van der Waals surface area (Å²) in [5.41, 5.74) is 2.62. The number of aryl methyl sites for hydroxylation is 1. The Morgan fingerprint density at radius 3 is 2.53 bits per heavy atom. The zero-order chi connectivity index (χ0) is 14.6. The van der Waals surface area contributed by atoms with Gasteiger partial charge in [-0.3, -0.25) is 0 Å². The molecule has 106 valence electrons. The molecule has 0 amide bonds. The maximum atomic E-state index is 6.25. The molecule has 19 heavy (non-hydrogen) atoms. The smallest absolute Gasteiger partial charge is 0.0467 e. The number of halogens is 1. The van der Waals surface area contributed by atoms with E-state index in [4.69, 9.17) is 24.2 Å². The van der Waals surface area contributed by atoms with Crippen molar-refractivity contribution in [3.63, 3.8) is 0 Å². The molecule has 0 heterocycles. The molecule has 3 heteroatoms. The highest BCUT2D eigenvalue weighted by molar-refractivity contribution is 7.88. The summed E-state index contributed by atoms with van der Waals surface area (Å²) >= 11 is 11.8. The van der Waals surface area contributed by atoms with Crippen LogP contribution in [0.15, 0.2) is 18.2 Å². The van der Waals surface area contributed by atoms with Crippen molar-refractivity contribution in [2.45, 2.75) is 41.0 Å². The second-order valence-electron chi connectivity index (χ2n) is 6.45. The summed E-state index contributed by atoms with van der Waals surface area (Å²) < 4.78 is 0.976. The van der Waals surface area contributed by atoms with Crippen molar-refractivity contribution in [2.24, 2.45) is 11.3 Å². The zero-order valence-corrected chi connectivity index (χ0v) is 14.9. The maximum absolute atomic E-state index is 6.25. The molecule has 0 radical (unpaired) electrons. The first-order valence-corrected chi connectivity index (χ1v) is 8.54. The first kappa shape index (κ1) is 17.1. The van der Waals surface area contributed by atoms with Crippen molar-refractivity contribution < 1.29 is 0 Å². The van der Waals surface area contributed by atoms with Crippen LogP contribution in [0.3, 0.4) is 0 Å². The summed E-state index contributed by atoms with van der Waals surface area (Å²) in [4.78, 5) is 0. The van der Waals surface area contributed by atoms with Crippen LogP contribution in [0.4, 0.5) is 0 Å². The van der Waals surface area contributed by atoms with Gasteiger partial charge in [-0.15, -0.1) is 8.20 Å². The fourth-order valence-electron chi connectivity index (χ4n) is 2.33. The molecule has 0 aliphatic rings. The third kappa shape index (κ3) is 5.90. The maximum Gasteiger partial charge on any atom is 0.0467 e. The third-order valence-corrected chi connectivity index (χ3v) is 5.17. The summed E-state index contributed by atoms with van der Waals surface area (Å²) in [6, 6.07) is 5.97. The van der Waals surface area contributed by atoms with Crippen LogP contribution in [-0.4, -0.2) is 10.8 Å². The van der Waals surface area contributed by atoms with Crippen LogP contribution in [0.1, 0.15) is 45.2 Å². The summed E-state index contributed by atoms with van der Waals surface area (Å²) in [5, 5.41) is 0.779. The van der Waals surface area contributed by atoms with Crippen LogP contribution < -0.4 is 0 Å². The van der Waals surface area contributed by atoms with Gasteiger partial charge >= 0.3 is 0 Å². The molecule has 0 saturated carbocycles. The van der Waals surface area contributed by atoms with E-state index < -0.39 is 0 Å². The van der Waals surface area contributed by atoms with Crippen LogP contribution in [0, 0.1) is 18.3 Å². The Balaban J connectivity index is 2.78. The highest BCUT2D eigenvalue weighted by Gasteiger charge is 2.14. The Kier molecular flexibility index (Phi) is 6.43. The molecule has 1 aromatic carbocycles. The van der Waals surface area contributed by atoms with Gasteiger partial charge in [0.05, 0.1) is 0 Å². The van der Waals surface area contributed by atoms with Crippen LogP contribution in [0.5, 0.6) is 0 Å². The van der Waals surface area contributed by atoms with Crippen molar-refractivity contribution in [3.8, 4) is 0 Å². The molecule has 0 aliphatic carbocycles. The minimum absolute atomic E-state index is 0.386.